The first-order valence-electron chi connectivity index (χ1n) is 6.58. The van der Waals surface area contributed by atoms with E-state index in [1.165, 1.54) is 12.1 Å². The fraction of sp³-hybridized carbons (Fsp3) is 0.385. The Hall–Kier alpha value is -2.44. The summed E-state index contributed by atoms with van der Waals surface area (Å²) < 4.78 is 1.86. The van der Waals surface area contributed by atoms with Gasteiger partial charge in [0.05, 0.1) is 22.7 Å². The molecule has 0 fully saturated rings. The number of pyridine rings is 1. The molecule has 0 saturated heterocycles. The second-order valence-corrected chi connectivity index (χ2v) is 4.79. The summed E-state index contributed by atoms with van der Waals surface area (Å²) in [5.41, 5.74) is 2.22. The van der Waals surface area contributed by atoms with Gasteiger partial charge in [-0.05, 0) is 25.7 Å². The lowest BCUT2D eigenvalue weighted by Gasteiger charge is -2.13. The largest absolute Gasteiger partial charge is 0.373 e. The lowest BCUT2D eigenvalue weighted by Crippen LogP contribution is -2.09. The smallest absolute Gasteiger partial charge is 0.276 e. The van der Waals surface area contributed by atoms with Crippen LogP contribution in [0.25, 0.3) is 5.82 Å². The fourth-order valence-corrected chi connectivity index (χ4v) is 2.53. The van der Waals surface area contributed by atoms with E-state index in [1.54, 1.807) is 13.4 Å². The normalized spacial score (nSPS) is 13.8. The molecule has 104 valence electrons. The van der Waals surface area contributed by atoms with Crippen LogP contribution in [0, 0.1) is 10.1 Å². The molecule has 1 aliphatic rings. The third-order valence-corrected chi connectivity index (χ3v) is 3.54. The average molecular weight is 273 g/mol. The van der Waals surface area contributed by atoms with E-state index in [4.69, 9.17) is 0 Å². The van der Waals surface area contributed by atoms with Crippen molar-refractivity contribution in [2.75, 3.05) is 12.4 Å². The zero-order valence-electron chi connectivity index (χ0n) is 11.2. The van der Waals surface area contributed by atoms with Crippen LogP contribution in [-0.4, -0.2) is 26.5 Å². The number of rotatable bonds is 3. The zero-order chi connectivity index (χ0) is 14.1. The van der Waals surface area contributed by atoms with Crippen LogP contribution in [0.4, 0.5) is 11.5 Å². The molecular weight excluding hydrogens is 258 g/mol. The van der Waals surface area contributed by atoms with E-state index in [-0.39, 0.29) is 5.69 Å². The van der Waals surface area contributed by atoms with Gasteiger partial charge in [0.2, 0.25) is 0 Å². The molecule has 1 aliphatic carbocycles. The predicted octanol–water partition coefficient (Wildman–Crippen LogP) is 2.10. The van der Waals surface area contributed by atoms with E-state index >= 15 is 0 Å². The third-order valence-electron chi connectivity index (χ3n) is 3.54. The summed E-state index contributed by atoms with van der Waals surface area (Å²) in [5.74, 6) is 1.02. The highest BCUT2D eigenvalue weighted by molar-refractivity contribution is 5.50. The maximum absolute atomic E-state index is 11.0. The van der Waals surface area contributed by atoms with Gasteiger partial charge < -0.3 is 5.32 Å². The molecule has 0 unspecified atom stereocenters. The van der Waals surface area contributed by atoms with Crippen LogP contribution < -0.4 is 5.32 Å². The van der Waals surface area contributed by atoms with Gasteiger partial charge in [-0.1, -0.05) is 0 Å². The van der Waals surface area contributed by atoms with Crippen LogP contribution in [0.2, 0.25) is 0 Å². The summed E-state index contributed by atoms with van der Waals surface area (Å²) in [7, 11) is 1.69. The van der Waals surface area contributed by atoms with Crippen molar-refractivity contribution in [1.82, 2.24) is 14.5 Å². The third kappa shape index (κ3) is 2.11. The van der Waals surface area contributed by atoms with Crippen LogP contribution in [0.1, 0.15) is 24.2 Å². The van der Waals surface area contributed by atoms with E-state index in [2.05, 4.69) is 15.3 Å². The van der Waals surface area contributed by atoms with Gasteiger partial charge in [-0.2, -0.15) is 0 Å². The molecular formula is C13H15N5O2. The van der Waals surface area contributed by atoms with Crippen molar-refractivity contribution in [3.05, 3.63) is 40.0 Å². The van der Waals surface area contributed by atoms with Gasteiger partial charge >= 0.3 is 0 Å². The van der Waals surface area contributed by atoms with Crippen molar-refractivity contribution in [3.8, 4) is 5.82 Å². The molecule has 20 heavy (non-hydrogen) atoms. The molecule has 7 nitrogen and oxygen atoms in total. The summed E-state index contributed by atoms with van der Waals surface area (Å²) in [5, 5.41) is 13.9. The van der Waals surface area contributed by atoms with E-state index < -0.39 is 4.92 Å². The first-order chi connectivity index (χ1) is 9.69. The Labute approximate surface area is 115 Å². The van der Waals surface area contributed by atoms with Crippen LogP contribution in [0.5, 0.6) is 0 Å². The number of anilines is 1. The maximum Gasteiger partial charge on any atom is 0.276 e. The molecule has 0 bridgehead atoms. The Kier molecular flexibility index (Phi) is 3.09. The number of imidazole rings is 1. The molecule has 0 atom stereocenters. The Morgan fingerprint density at radius 3 is 2.90 bits per heavy atom. The van der Waals surface area contributed by atoms with Crippen molar-refractivity contribution in [2.45, 2.75) is 25.7 Å². The molecule has 2 heterocycles. The summed E-state index contributed by atoms with van der Waals surface area (Å²) >= 11 is 0. The first-order valence-corrected chi connectivity index (χ1v) is 6.58. The van der Waals surface area contributed by atoms with Crippen molar-refractivity contribution < 1.29 is 4.92 Å². The SMILES string of the molecule is CNc1cc([N+](=O)[O-])cc(-n2cnc3c2CCCC3)n1. The topological polar surface area (TPSA) is 85.9 Å². The minimum atomic E-state index is -0.407. The molecule has 0 aliphatic heterocycles. The number of fused-ring (bicyclic) bond motifs is 1. The lowest BCUT2D eigenvalue weighted by molar-refractivity contribution is -0.384. The number of hydrogen-bond donors (Lipinski definition) is 1. The van der Waals surface area contributed by atoms with E-state index in [9.17, 15) is 10.1 Å². The van der Waals surface area contributed by atoms with Gasteiger partial charge in [-0.3, -0.25) is 14.7 Å². The zero-order valence-corrected chi connectivity index (χ0v) is 11.2. The van der Waals surface area contributed by atoms with E-state index in [0.717, 1.165) is 37.1 Å². The fourth-order valence-electron chi connectivity index (χ4n) is 2.53. The van der Waals surface area contributed by atoms with Crippen LogP contribution >= 0.6 is 0 Å². The molecule has 2 aromatic heterocycles. The van der Waals surface area contributed by atoms with Gasteiger partial charge in [0.25, 0.3) is 5.69 Å². The number of hydrogen-bond acceptors (Lipinski definition) is 5. The molecule has 0 saturated carbocycles. The number of nitrogens with one attached hydrogen (secondary N) is 1. The summed E-state index contributed by atoms with van der Waals surface area (Å²) in [6.45, 7) is 0. The molecule has 7 heteroatoms. The number of aryl methyl sites for hydroxylation is 1. The van der Waals surface area contributed by atoms with E-state index in [0.29, 0.717) is 11.6 Å². The van der Waals surface area contributed by atoms with E-state index in [1.807, 2.05) is 4.57 Å². The summed E-state index contributed by atoms with van der Waals surface area (Å²) in [6.07, 6.45) is 5.88. The standard InChI is InChI=1S/C13H15N5O2/c1-14-12-6-9(18(19)20)7-13(16-12)17-8-15-10-4-2-3-5-11(10)17/h6-8H,2-5H2,1H3,(H,14,16). The molecule has 0 amide bonds. The Bertz CT molecular complexity index is 665. The second kappa shape index (κ2) is 4.92. The monoisotopic (exact) mass is 273 g/mol. The average Bonchev–Trinajstić information content (AvgIpc) is 2.90. The number of nitro groups is 1. The van der Waals surface area contributed by atoms with Gasteiger partial charge in [0, 0.05) is 12.7 Å². The van der Waals surface area contributed by atoms with Crippen molar-refractivity contribution in [1.29, 1.82) is 0 Å². The molecule has 3 rings (SSSR count). The number of aromatic nitrogens is 3. The van der Waals surface area contributed by atoms with Crippen LogP contribution in [0.15, 0.2) is 18.5 Å². The second-order valence-electron chi connectivity index (χ2n) is 4.79. The highest BCUT2D eigenvalue weighted by atomic mass is 16.6. The van der Waals surface area contributed by atoms with Crippen LogP contribution in [-0.2, 0) is 12.8 Å². The summed E-state index contributed by atoms with van der Waals surface area (Å²) in [6, 6.07) is 2.91. The number of nitrogens with zero attached hydrogens (tertiary/aromatic N) is 4. The van der Waals surface area contributed by atoms with Gasteiger partial charge in [-0.15, -0.1) is 0 Å². The Balaban J connectivity index is 2.11. The molecule has 0 spiro atoms. The highest BCUT2D eigenvalue weighted by Crippen LogP contribution is 2.25. The molecule has 0 aromatic carbocycles. The Morgan fingerprint density at radius 2 is 2.15 bits per heavy atom. The lowest BCUT2D eigenvalue weighted by atomic mass is 10.0. The van der Waals surface area contributed by atoms with Gasteiger partial charge in [0.15, 0.2) is 0 Å². The highest BCUT2D eigenvalue weighted by Gasteiger charge is 2.19. The van der Waals surface area contributed by atoms with Crippen molar-refractivity contribution in [2.24, 2.45) is 0 Å². The van der Waals surface area contributed by atoms with Gasteiger partial charge in [-0.25, -0.2) is 9.97 Å². The van der Waals surface area contributed by atoms with Crippen LogP contribution in [0.3, 0.4) is 0 Å². The van der Waals surface area contributed by atoms with Crippen molar-refractivity contribution >= 4 is 11.5 Å². The first kappa shape index (κ1) is 12.6. The quantitative estimate of drug-likeness (QED) is 0.683. The maximum atomic E-state index is 11.0. The van der Waals surface area contributed by atoms with Crippen molar-refractivity contribution in [3.63, 3.8) is 0 Å². The molecule has 2 aromatic rings. The predicted molar refractivity (Wildman–Crippen MR) is 74.2 cm³/mol. The minimum Gasteiger partial charge on any atom is -0.373 e. The molecule has 0 radical (unpaired) electrons. The summed E-state index contributed by atoms with van der Waals surface area (Å²) in [4.78, 5) is 19.4. The Morgan fingerprint density at radius 1 is 1.35 bits per heavy atom. The van der Waals surface area contributed by atoms with Gasteiger partial charge in [0.1, 0.15) is 18.0 Å². The molecule has 1 N–H and O–H groups in total. The minimum absolute atomic E-state index is 0.0256.